The molecule has 7 nitrogen and oxygen atoms in total. The summed E-state index contributed by atoms with van der Waals surface area (Å²) < 4.78 is 1.36. The number of aliphatic imine (C=N–C) groups is 2. The van der Waals surface area contributed by atoms with Gasteiger partial charge in [0.1, 0.15) is 18.1 Å². The van der Waals surface area contributed by atoms with Crippen LogP contribution < -0.4 is 0 Å². The fraction of sp³-hybridized carbons (Fsp3) is 0.250. The minimum atomic E-state index is -1.03. The third kappa shape index (κ3) is 4.44. The number of Topliss-reactive ketones (excluding diaryl/α,β-unsaturated/α-hetero) is 1. The van der Waals surface area contributed by atoms with E-state index in [1.165, 1.54) is 11.6 Å². The Hall–Kier alpha value is -3.35. The van der Waals surface area contributed by atoms with E-state index in [0.717, 1.165) is 16.7 Å². The van der Waals surface area contributed by atoms with Crippen molar-refractivity contribution in [2.45, 2.75) is 33.7 Å². The van der Waals surface area contributed by atoms with Crippen LogP contribution in [-0.4, -0.2) is 39.2 Å². The van der Waals surface area contributed by atoms with Gasteiger partial charge in [-0.2, -0.15) is 5.10 Å². The Labute approximate surface area is 157 Å². The van der Waals surface area contributed by atoms with Gasteiger partial charge in [-0.05, 0) is 55.8 Å². The van der Waals surface area contributed by atoms with Crippen molar-refractivity contribution in [3.63, 3.8) is 0 Å². The number of hydrogen-bond donors (Lipinski definition) is 1. The zero-order chi connectivity index (χ0) is 20.1. The number of fused-ring (bicyclic) bond motifs is 1. The van der Waals surface area contributed by atoms with E-state index in [0.29, 0.717) is 23.2 Å². The van der Waals surface area contributed by atoms with Gasteiger partial charge < -0.3 is 5.11 Å². The van der Waals surface area contributed by atoms with Crippen molar-refractivity contribution < 1.29 is 14.7 Å². The number of rotatable bonds is 7. The number of ketones is 1. The fourth-order valence-corrected chi connectivity index (χ4v) is 2.75. The molecule has 1 aromatic carbocycles. The van der Waals surface area contributed by atoms with Crippen molar-refractivity contribution in [3.05, 3.63) is 47.8 Å². The van der Waals surface area contributed by atoms with Gasteiger partial charge in [0.05, 0.1) is 5.52 Å². The topological polar surface area (TPSA) is 96.9 Å². The molecule has 2 rings (SSSR count). The molecule has 0 aliphatic heterocycles. The Morgan fingerprint density at radius 2 is 2.00 bits per heavy atom. The van der Waals surface area contributed by atoms with Gasteiger partial charge in [-0.1, -0.05) is 6.08 Å². The van der Waals surface area contributed by atoms with E-state index in [1.54, 1.807) is 19.2 Å². The summed E-state index contributed by atoms with van der Waals surface area (Å²) in [7, 11) is 0. The molecule has 1 N–H and O–H groups in total. The van der Waals surface area contributed by atoms with E-state index in [1.807, 2.05) is 19.1 Å². The van der Waals surface area contributed by atoms with Gasteiger partial charge >= 0.3 is 5.97 Å². The van der Waals surface area contributed by atoms with Crippen LogP contribution in [0.25, 0.3) is 16.5 Å². The number of carboxylic acids is 1. The van der Waals surface area contributed by atoms with Crippen LogP contribution in [-0.2, 0) is 17.8 Å². The molecule has 0 radical (unpaired) electrons. The number of nitrogens with zero attached hydrogens (tertiary/aromatic N) is 4. The lowest BCUT2D eigenvalue weighted by atomic mass is 9.98. The molecule has 0 fully saturated rings. The first kappa shape index (κ1) is 20.0. The maximum absolute atomic E-state index is 12.1. The molecule has 0 amide bonds. The predicted molar refractivity (Wildman–Crippen MR) is 108 cm³/mol. The van der Waals surface area contributed by atoms with E-state index in [9.17, 15) is 14.7 Å². The van der Waals surface area contributed by atoms with Crippen molar-refractivity contribution in [2.24, 2.45) is 9.98 Å². The first-order valence-corrected chi connectivity index (χ1v) is 8.33. The van der Waals surface area contributed by atoms with Crippen LogP contribution in [0.15, 0.2) is 41.0 Å². The minimum Gasteiger partial charge on any atom is -0.480 e. The van der Waals surface area contributed by atoms with Crippen molar-refractivity contribution in [2.75, 3.05) is 0 Å². The number of aromatic nitrogens is 2. The number of aliphatic carboxylic acids is 1. The molecule has 0 atom stereocenters. The highest BCUT2D eigenvalue weighted by molar-refractivity contribution is 6.06. The molecule has 0 aliphatic carbocycles. The van der Waals surface area contributed by atoms with Crippen molar-refractivity contribution in [3.8, 4) is 0 Å². The fourth-order valence-electron chi connectivity index (χ4n) is 2.75. The van der Waals surface area contributed by atoms with Crippen LogP contribution in [0.1, 0.15) is 42.4 Å². The van der Waals surface area contributed by atoms with Crippen LogP contribution in [0, 0.1) is 0 Å². The lowest BCUT2D eigenvalue weighted by Crippen LogP contribution is -2.11. The van der Waals surface area contributed by atoms with Gasteiger partial charge in [-0.15, -0.1) is 6.58 Å². The van der Waals surface area contributed by atoms with E-state index in [2.05, 4.69) is 28.4 Å². The van der Waals surface area contributed by atoms with Crippen molar-refractivity contribution in [1.82, 2.24) is 9.78 Å². The average Bonchev–Trinajstić information content (AvgIpc) is 2.97. The summed E-state index contributed by atoms with van der Waals surface area (Å²) in [5, 5.41) is 14.0. The van der Waals surface area contributed by atoms with Crippen LogP contribution in [0.4, 0.5) is 0 Å². The van der Waals surface area contributed by atoms with Crippen LogP contribution in [0.2, 0.25) is 0 Å². The summed E-state index contributed by atoms with van der Waals surface area (Å²) >= 11 is 0. The number of amidine groups is 1. The van der Waals surface area contributed by atoms with Gasteiger partial charge in [0, 0.05) is 18.5 Å². The van der Waals surface area contributed by atoms with Crippen LogP contribution in [0.5, 0.6) is 0 Å². The highest BCUT2D eigenvalue weighted by Crippen LogP contribution is 2.29. The van der Waals surface area contributed by atoms with Gasteiger partial charge in [0.25, 0.3) is 0 Å². The normalized spacial score (nSPS) is 12.3. The zero-order valence-electron chi connectivity index (χ0n) is 15.7. The zero-order valence-corrected chi connectivity index (χ0v) is 15.7. The van der Waals surface area contributed by atoms with Gasteiger partial charge in [-0.3, -0.25) is 14.3 Å². The lowest BCUT2D eigenvalue weighted by Gasteiger charge is -2.09. The molecule has 2 aromatic rings. The predicted octanol–water partition coefficient (Wildman–Crippen LogP) is 3.53. The maximum atomic E-state index is 12.1. The molecular formula is C20H22N4O3. The second-order valence-electron chi connectivity index (χ2n) is 6.13. The van der Waals surface area contributed by atoms with Crippen molar-refractivity contribution >= 4 is 40.8 Å². The van der Waals surface area contributed by atoms with Gasteiger partial charge in [0.2, 0.25) is 0 Å². The van der Waals surface area contributed by atoms with Gasteiger partial charge in [0.15, 0.2) is 5.78 Å². The molecule has 0 aliphatic rings. The summed E-state index contributed by atoms with van der Waals surface area (Å²) in [5.74, 6) is -0.710. The number of hydrogen-bond acceptors (Lipinski definition) is 4. The molecule has 140 valence electrons. The van der Waals surface area contributed by atoms with Crippen molar-refractivity contribution in [1.29, 1.82) is 0 Å². The molecule has 0 unspecified atom stereocenters. The van der Waals surface area contributed by atoms with Gasteiger partial charge in [-0.25, -0.2) is 9.98 Å². The number of carbonyl (C=O) groups is 2. The molecular weight excluding hydrogens is 344 g/mol. The highest BCUT2D eigenvalue weighted by Gasteiger charge is 2.19. The number of carboxylic acid groups (broad SMARTS) is 1. The molecule has 7 heteroatoms. The summed E-state index contributed by atoms with van der Waals surface area (Å²) in [6.45, 7) is 11.9. The summed E-state index contributed by atoms with van der Waals surface area (Å²) in [5.41, 5.74) is 3.45. The van der Waals surface area contributed by atoms with E-state index < -0.39 is 5.97 Å². The third-order valence-corrected chi connectivity index (χ3v) is 4.03. The molecule has 0 saturated heterocycles. The molecule has 1 heterocycles. The second-order valence-corrected chi connectivity index (χ2v) is 6.13. The second kappa shape index (κ2) is 8.35. The number of carbonyl (C=O) groups excluding carboxylic acids is 1. The Balaban J connectivity index is 2.78. The quantitative estimate of drug-likeness (QED) is 0.351. The minimum absolute atomic E-state index is 0.225. The Morgan fingerprint density at radius 3 is 2.56 bits per heavy atom. The Morgan fingerprint density at radius 1 is 1.30 bits per heavy atom. The summed E-state index contributed by atoms with van der Waals surface area (Å²) in [6, 6.07) is 3.77. The maximum Gasteiger partial charge on any atom is 0.325 e. The molecule has 0 bridgehead atoms. The highest BCUT2D eigenvalue weighted by atomic mass is 16.4. The molecule has 0 spiro atoms. The number of benzene rings is 1. The summed E-state index contributed by atoms with van der Waals surface area (Å²) in [6.07, 6.45) is 3.92. The first-order chi connectivity index (χ1) is 12.8. The monoisotopic (exact) mass is 366 g/mol. The first-order valence-electron chi connectivity index (χ1n) is 8.33. The average molecular weight is 366 g/mol. The smallest absolute Gasteiger partial charge is 0.325 e. The van der Waals surface area contributed by atoms with E-state index in [4.69, 9.17) is 0 Å². The number of allylic oxidation sites excluding steroid dienone is 2. The van der Waals surface area contributed by atoms with E-state index >= 15 is 0 Å². The Bertz CT molecular complexity index is 996. The van der Waals surface area contributed by atoms with Crippen LogP contribution >= 0.6 is 0 Å². The molecule has 0 saturated carbocycles. The lowest BCUT2D eigenvalue weighted by molar-refractivity contribution is -0.137. The molecule has 27 heavy (non-hydrogen) atoms. The van der Waals surface area contributed by atoms with E-state index in [-0.39, 0.29) is 18.0 Å². The van der Waals surface area contributed by atoms with Crippen LogP contribution in [0.3, 0.4) is 0 Å². The standard InChI is InChI=1S/C20H22N4O3/c1-6-7-15-8-16(12(2)10-22-14(4)21-5)9-17-19(13(3)25)23-24(20(15)17)11-18(26)27/h6,8-10H,1,5,7,11H2,2-4H3,(H,26,27)/b12-10+,22-14-. The Kier molecular flexibility index (Phi) is 6.18. The summed E-state index contributed by atoms with van der Waals surface area (Å²) in [4.78, 5) is 31.2. The molecule has 1 aromatic heterocycles. The SMILES string of the molecule is C=CCc1cc(/C(C)=C/N=C(/C)N=C)cc2c(C(C)=O)nn(CC(=O)O)c12. The largest absolute Gasteiger partial charge is 0.480 e. The third-order valence-electron chi connectivity index (χ3n) is 4.03.